The first kappa shape index (κ1) is 15.5. The molecular formula is C16H24N2O3. The third kappa shape index (κ3) is 5.17. The third-order valence-corrected chi connectivity index (χ3v) is 3.60. The van der Waals surface area contributed by atoms with Crippen LogP contribution in [-0.2, 0) is 0 Å². The van der Waals surface area contributed by atoms with Crippen LogP contribution in [0.25, 0.3) is 0 Å². The molecule has 1 fully saturated rings. The second-order valence-electron chi connectivity index (χ2n) is 5.16. The second kappa shape index (κ2) is 8.39. The number of nitrogens with zero attached hydrogens (tertiary/aromatic N) is 1. The van der Waals surface area contributed by atoms with Gasteiger partial charge in [-0.1, -0.05) is 12.8 Å². The van der Waals surface area contributed by atoms with Crippen molar-refractivity contribution < 1.29 is 14.3 Å². The second-order valence-corrected chi connectivity index (χ2v) is 5.16. The van der Waals surface area contributed by atoms with Gasteiger partial charge in [-0.25, -0.2) is 4.79 Å². The van der Waals surface area contributed by atoms with E-state index < -0.39 is 0 Å². The van der Waals surface area contributed by atoms with E-state index in [0.717, 1.165) is 37.4 Å². The molecule has 0 aromatic heterocycles. The fourth-order valence-corrected chi connectivity index (χ4v) is 2.38. The zero-order chi connectivity index (χ0) is 14.9. The summed E-state index contributed by atoms with van der Waals surface area (Å²) in [7, 11) is 1.63. The van der Waals surface area contributed by atoms with Crippen LogP contribution in [-0.4, -0.2) is 44.3 Å². The molecule has 2 rings (SSSR count). The summed E-state index contributed by atoms with van der Waals surface area (Å²) >= 11 is 0. The Morgan fingerprint density at radius 1 is 1.10 bits per heavy atom. The highest BCUT2D eigenvalue weighted by molar-refractivity contribution is 5.74. The van der Waals surface area contributed by atoms with Crippen molar-refractivity contribution in [2.75, 3.05) is 33.4 Å². The van der Waals surface area contributed by atoms with Crippen LogP contribution in [0.3, 0.4) is 0 Å². The molecule has 0 bridgehead atoms. The third-order valence-electron chi connectivity index (χ3n) is 3.60. The normalized spacial score (nSPS) is 15.2. The van der Waals surface area contributed by atoms with Crippen LogP contribution in [0.1, 0.15) is 25.7 Å². The number of hydrogen-bond acceptors (Lipinski definition) is 3. The van der Waals surface area contributed by atoms with E-state index in [0.29, 0.717) is 13.2 Å². The molecule has 1 aromatic carbocycles. The number of carbonyl (C=O) groups excluding carboxylic acids is 1. The standard InChI is InChI=1S/C16H24N2O3/c1-20-14-6-8-15(9-7-14)21-13-10-17-16(19)18-11-4-2-3-5-12-18/h6-9H,2-5,10-13H2,1H3,(H,17,19). The SMILES string of the molecule is COc1ccc(OCCNC(=O)N2CCCCCC2)cc1. The smallest absolute Gasteiger partial charge is 0.317 e. The largest absolute Gasteiger partial charge is 0.497 e. The maximum atomic E-state index is 12.0. The molecule has 21 heavy (non-hydrogen) atoms. The minimum Gasteiger partial charge on any atom is -0.497 e. The lowest BCUT2D eigenvalue weighted by atomic mass is 10.2. The first-order valence-corrected chi connectivity index (χ1v) is 7.59. The zero-order valence-electron chi connectivity index (χ0n) is 12.6. The molecule has 1 aromatic rings. The Kier molecular flexibility index (Phi) is 6.19. The summed E-state index contributed by atoms with van der Waals surface area (Å²) < 4.78 is 10.7. The molecule has 5 nitrogen and oxygen atoms in total. The Morgan fingerprint density at radius 2 is 1.71 bits per heavy atom. The molecule has 1 aliphatic heterocycles. The van der Waals surface area contributed by atoms with Gasteiger partial charge in [0, 0.05) is 13.1 Å². The van der Waals surface area contributed by atoms with Crippen LogP contribution in [0.2, 0.25) is 0 Å². The number of carbonyl (C=O) groups is 1. The van der Waals surface area contributed by atoms with Crippen LogP contribution in [0.15, 0.2) is 24.3 Å². The van der Waals surface area contributed by atoms with Crippen molar-refractivity contribution in [1.82, 2.24) is 10.2 Å². The molecule has 2 amide bonds. The van der Waals surface area contributed by atoms with E-state index in [1.165, 1.54) is 12.8 Å². The fraction of sp³-hybridized carbons (Fsp3) is 0.562. The maximum Gasteiger partial charge on any atom is 0.317 e. The first-order valence-electron chi connectivity index (χ1n) is 7.59. The van der Waals surface area contributed by atoms with Gasteiger partial charge in [-0.05, 0) is 37.1 Å². The Labute approximate surface area is 126 Å². The Hall–Kier alpha value is -1.91. The van der Waals surface area contributed by atoms with Gasteiger partial charge < -0.3 is 19.7 Å². The molecule has 0 atom stereocenters. The number of nitrogens with one attached hydrogen (secondary N) is 1. The summed E-state index contributed by atoms with van der Waals surface area (Å²) in [6, 6.07) is 7.44. The lowest BCUT2D eigenvalue weighted by Gasteiger charge is -2.20. The number of rotatable bonds is 5. The van der Waals surface area contributed by atoms with Crippen LogP contribution < -0.4 is 14.8 Å². The molecule has 1 N–H and O–H groups in total. The van der Waals surface area contributed by atoms with Crippen molar-refractivity contribution in [3.8, 4) is 11.5 Å². The average Bonchev–Trinajstić information content (AvgIpc) is 2.81. The maximum absolute atomic E-state index is 12.0. The van der Waals surface area contributed by atoms with E-state index >= 15 is 0 Å². The van der Waals surface area contributed by atoms with E-state index in [4.69, 9.17) is 9.47 Å². The molecule has 1 aliphatic rings. The van der Waals surface area contributed by atoms with E-state index in [9.17, 15) is 4.79 Å². The summed E-state index contributed by atoms with van der Waals surface area (Å²) in [6.45, 7) is 2.71. The number of methoxy groups -OCH3 is 1. The summed E-state index contributed by atoms with van der Waals surface area (Å²) in [5.41, 5.74) is 0. The van der Waals surface area contributed by atoms with Crippen LogP contribution in [0.4, 0.5) is 4.79 Å². The molecule has 0 spiro atoms. The van der Waals surface area contributed by atoms with Gasteiger partial charge in [0.2, 0.25) is 0 Å². The molecule has 5 heteroatoms. The number of urea groups is 1. The first-order chi connectivity index (χ1) is 10.3. The molecule has 0 radical (unpaired) electrons. The minimum atomic E-state index is 0.0234. The quantitative estimate of drug-likeness (QED) is 0.849. The molecule has 1 heterocycles. The predicted octanol–water partition coefficient (Wildman–Crippen LogP) is 2.66. The van der Waals surface area contributed by atoms with Crippen molar-refractivity contribution in [2.45, 2.75) is 25.7 Å². The summed E-state index contributed by atoms with van der Waals surface area (Å²) in [4.78, 5) is 13.9. The molecule has 116 valence electrons. The van der Waals surface area contributed by atoms with E-state index in [2.05, 4.69) is 5.32 Å². The van der Waals surface area contributed by atoms with Crippen molar-refractivity contribution >= 4 is 6.03 Å². The molecule has 0 unspecified atom stereocenters. The van der Waals surface area contributed by atoms with Crippen molar-refractivity contribution in [2.24, 2.45) is 0 Å². The number of likely N-dealkylation sites (tertiary alicyclic amines) is 1. The van der Waals surface area contributed by atoms with Crippen molar-refractivity contribution in [3.05, 3.63) is 24.3 Å². The monoisotopic (exact) mass is 292 g/mol. The van der Waals surface area contributed by atoms with E-state index in [1.807, 2.05) is 29.2 Å². The van der Waals surface area contributed by atoms with Gasteiger partial charge in [0.15, 0.2) is 0 Å². The molecule has 0 aliphatic carbocycles. The van der Waals surface area contributed by atoms with E-state index in [1.54, 1.807) is 7.11 Å². The lowest BCUT2D eigenvalue weighted by molar-refractivity contribution is 0.196. The Morgan fingerprint density at radius 3 is 2.33 bits per heavy atom. The van der Waals surface area contributed by atoms with E-state index in [-0.39, 0.29) is 6.03 Å². The van der Waals surface area contributed by atoms with Crippen LogP contribution in [0, 0.1) is 0 Å². The number of ether oxygens (including phenoxy) is 2. The summed E-state index contributed by atoms with van der Waals surface area (Å²) in [5, 5.41) is 2.91. The highest BCUT2D eigenvalue weighted by atomic mass is 16.5. The highest BCUT2D eigenvalue weighted by Gasteiger charge is 2.14. The number of benzene rings is 1. The lowest BCUT2D eigenvalue weighted by Crippen LogP contribution is -2.41. The van der Waals surface area contributed by atoms with Crippen molar-refractivity contribution in [3.63, 3.8) is 0 Å². The van der Waals surface area contributed by atoms with Crippen LogP contribution in [0.5, 0.6) is 11.5 Å². The highest BCUT2D eigenvalue weighted by Crippen LogP contribution is 2.16. The van der Waals surface area contributed by atoms with Crippen molar-refractivity contribution in [1.29, 1.82) is 0 Å². The Bertz CT molecular complexity index is 426. The van der Waals surface area contributed by atoms with Gasteiger partial charge in [-0.15, -0.1) is 0 Å². The minimum absolute atomic E-state index is 0.0234. The summed E-state index contributed by atoms with van der Waals surface area (Å²) in [5.74, 6) is 1.58. The topological polar surface area (TPSA) is 50.8 Å². The predicted molar refractivity (Wildman–Crippen MR) is 81.9 cm³/mol. The summed E-state index contributed by atoms with van der Waals surface area (Å²) in [6.07, 6.45) is 4.67. The fourth-order valence-electron chi connectivity index (χ4n) is 2.38. The van der Waals surface area contributed by atoms with Gasteiger partial charge in [-0.2, -0.15) is 0 Å². The van der Waals surface area contributed by atoms with Gasteiger partial charge in [0.25, 0.3) is 0 Å². The number of amides is 2. The molecule has 0 saturated carbocycles. The van der Waals surface area contributed by atoms with Crippen LogP contribution >= 0.6 is 0 Å². The van der Waals surface area contributed by atoms with Gasteiger partial charge in [0.1, 0.15) is 18.1 Å². The van der Waals surface area contributed by atoms with Gasteiger partial charge in [0.05, 0.1) is 13.7 Å². The van der Waals surface area contributed by atoms with Gasteiger partial charge >= 0.3 is 6.03 Å². The number of hydrogen-bond donors (Lipinski definition) is 1. The molecule has 1 saturated heterocycles. The zero-order valence-corrected chi connectivity index (χ0v) is 12.6. The molecular weight excluding hydrogens is 268 g/mol. The Balaban J connectivity index is 1.65. The van der Waals surface area contributed by atoms with Gasteiger partial charge in [-0.3, -0.25) is 0 Å². The average molecular weight is 292 g/mol.